The fourth-order valence-electron chi connectivity index (χ4n) is 2.74. The molecule has 2 unspecified atom stereocenters. The summed E-state index contributed by atoms with van der Waals surface area (Å²) in [7, 11) is 0. The summed E-state index contributed by atoms with van der Waals surface area (Å²) in [6.45, 7) is 9.06. The van der Waals surface area contributed by atoms with Gasteiger partial charge in [0.05, 0.1) is 6.61 Å². The van der Waals surface area contributed by atoms with Crippen LogP contribution in [0.2, 0.25) is 0 Å². The maximum atomic E-state index is 5.45. The Morgan fingerprint density at radius 2 is 2.33 bits per heavy atom. The molecule has 88 valence electrons. The van der Waals surface area contributed by atoms with Crippen molar-refractivity contribution in [1.82, 2.24) is 10.2 Å². The summed E-state index contributed by atoms with van der Waals surface area (Å²) in [6.07, 6.45) is 3.97. The Bertz CT molecular complexity index is 174. The van der Waals surface area contributed by atoms with Gasteiger partial charge < -0.3 is 10.1 Å². The van der Waals surface area contributed by atoms with Crippen LogP contribution in [0.3, 0.4) is 0 Å². The molecule has 2 aliphatic heterocycles. The summed E-state index contributed by atoms with van der Waals surface area (Å²) < 4.78 is 5.45. The van der Waals surface area contributed by atoms with E-state index in [9.17, 15) is 0 Å². The molecule has 0 bridgehead atoms. The molecule has 0 aromatic carbocycles. The smallest absolute Gasteiger partial charge is 0.0507 e. The Hall–Kier alpha value is -0.120. The molecule has 2 rings (SSSR count). The minimum absolute atomic E-state index is 0.768. The second kappa shape index (κ2) is 5.83. The first kappa shape index (κ1) is 11.4. The lowest BCUT2D eigenvalue weighted by molar-refractivity contribution is 0.132. The first-order valence-corrected chi connectivity index (χ1v) is 6.42. The lowest BCUT2D eigenvalue weighted by Crippen LogP contribution is -2.47. The maximum absolute atomic E-state index is 5.45. The van der Waals surface area contributed by atoms with Crippen LogP contribution in [0, 0.1) is 5.92 Å². The fraction of sp³-hybridized carbons (Fsp3) is 1.00. The third-order valence-corrected chi connectivity index (χ3v) is 3.71. The molecule has 0 spiro atoms. The summed E-state index contributed by atoms with van der Waals surface area (Å²) in [5, 5.41) is 3.50. The molecule has 2 fully saturated rings. The number of piperidine rings is 1. The van der Waals surface area contributed by atoms with E-state index in [1.807, 2.05) is 0 Å². The van der Waals surface area contributed by atoms with Gasteiger partial charge in [0.15, 0.2) is 0 Å². The van der Waals surface area contributed by atoms with Crippen LogP contribution in [0.5, 0.6) is 0 Å². The summed E-state index contributed by atoms with van der Waals surface area (Å²) in [5.41, 5.74) is 0. The van der Waals surface area contributed by atoms with E-state index in [2.05, 4.69) is 17.1 Å². The molecule has 0 saturated carbocycles. The van der Waals surface area contributed by atoms with Crippen molar-refractivity contribution in [3.05, 3.63) is 0 Å². The van der Waals surface area contributed by atoms with E-state index < -0.39 is 0 Å². The number of nitrogens with zero attached hydrogens (tertiary/aromatic N) is 1. The van der Waals surface area contributed by atoms with Gasteiger partial charge in [-0.25, -0.2) is 0 Å². The average molecular weight is 212 g/mol. The van der Waals surface area contributed by atoms with Crippen LogP contribution in [0.15, 0.2) is 0 Å². The molecule has 2 saturated heterocycles. The minimum atomic E-state index is 0.768. The number of rotatable bonds is 4. The molecule has 0 radical (unpaired) electrons. The van der Waals surface area contributed by atoms with Gasteiger partial charge in [0.25, 0.3) is 0 Å². The second-order valence-corrected chi connectivity index (χ2v) is 4.82. The first-order valence-electron chi connectivity index (χ1n) is 6.42. The van der Waals surface area contributed by atoms with Gasteiger partial charge in [0, 0.05) is 25.7 Å². The van der Waals surface area contributed by atoms with E-state index in [-0.39, 0.29) is 0 Å². The van der Waals surface area contributed by atoms with Gasteiger partial charge in [-0.3, -0.25) is 4.90 Å². The van der Waals surface area contributed by atoms with Crippen molar-refractivity contribution in [2.45, 2.75) is 32.2 Å². The molecule has 3 nitrogen and oxygen atoms in total. The molecular formula is C12H24N2O. The van der Waals surface area contributed by atoms with Gasteiger partial charge in [0.2, 0.25) is 0 Å². The van der Waals surface area contributed by atoms with Crippen molar-refractivity contribution >= 4 is 0 Å². The molecule has 2 atom stereocenters. The van der Waals surface area contributed by atoms with E-state index in [1.165, 1.54) is 45.4 Å². The summed E-state index contributed by atoms with van der Waals surface area (Å²) in [5.74, 6) is 0.784. The molecule has 0 aliphatic carbocycles. The Balaban J connectivity index is 1.79. The highest BCUT2D eigenvalue weighted by molar-refractivity contribution is 4.80. The van der Waals surface area contributed by atoms with Crippen molar-refractivity contribution < 1.29 is 4.74 Å². The van der Waals surface area contributed by atoms with E-state index in [0.29, 0.717) is 0 Å². The van der Waals surface area contributed by atoms with Crippen molar-refractivity contribution in [2.75, 3.05) is 39.4 Å². The van der Waals surface area contributed by atoms with E-state index in [1.54, 1.807) is 0 Å². The van der Waals surface area contributed by atoms with Crippen LogP contribution in [-0.2, 0) is 4.74 Å². The van der Waals surface area contributed by atoms with E-state index in [4.69, 9.17) is 4.74 Å². The fourth-order valence-corrected chi connectivity index (χ4v) is 2.74. The Labute approximate surface area is 93.2 Å². The van der Waals surface area contributed by atoms with Gasteiger partial charge in [-0.2, -0.15) is 0 Å². The number of nitrogens with one attached hydrogen (secondary N) is 1. The molecule has 3 heteroatoms. The Morgan fingerprint density at radius 1 is 1.40 bits per heavy atom. The predicted octanol–water partition coefficient (Wildman–Crippen LogP) is 1.10. The van der Waals surface area contributed by atoms with Gasteiger partial charge in [0.1, 0.15) is 0 Å². The number of hydrogen-bond donors (Lipinski definition) is 1. The minimum Gasteiger partial charge on any atom is -0.381 e. The molecule has 0 aromatic rings. The summed E-state index contributed by atoms with van der Waals surface area (Å²) in [6, 6.07) is 0.768. The van der Waals surface area contributed by atoms with Crippen molar-refractivity contribution in [2.24, 2.45) is 5.92 Å². The van der Waals surface area contributed by atoms with Gasteiger partial charge in [-0.15, -0.1) is 0 Å². The predicted molar refractivity (Wildman–Crippen MR) is 62.1 cm³/mol. The van der Waals surface area contributed by atoms with Crippen LogP contribution in [-0.4, -0.2) is 50.3 Å². The number of likely N-dealkylation sites (N-methyl/N-ethyl adjacent to an activating group) is 1. The van der Waals surface area contributed by atoms with Crippen molar-refractivity contribution in [3.8, 4) is 0 Å². The third-order valence-electron chi connectivity index (χ3n) is 3.71. The lowest BCUT2D eigenvalue weighted by atomic mass is 10.0. The number of ether oxygens (including phenoxy) is 1. The molecule has 2 heterocycles. The molecule has 1 N–H and O–H groups in total. The molecule has 0 aromatic heterocycles. The van der Waals surface area contributed by atoms with Gasteiger partial charge in [-0.1, -0.05) is 6.92 Å². The first-order chi connectivity index (χ1) is 7.40. The topological polar surface area (TPSA) is 24.5 Å². The zero-order valence-corrected chi connectivity index (χ0v) is 9.87. The quantitative estimate of drug-likeness (QED) is 0.755. The van der Waals surface area contributed by atoms with E-state index in [0.717, 1.165) is 25.2 Å². The molecular weight excluding hydrogens is 188 g/mol. The normalized spacial score (nSPS) is 32.4. The van der Waals surface area contributed by atoms with Crippen molar-refractivity contribution in [3.63, 3.8) is 0 Å². The van der Waals surface area contributed by atoms with Crippen LogP contribution in [0.25, 0.3) is 0 Å². The van der Waals surface area contributed by atoms with Crippen LogP contribution < -0.4 is 5.32 Å². The zero-order chi connectivity index (χ0) is 10.5. The van der Waals surface area contributed by atoms with Gasteiger partial charge in [-0.05, 0) is 38.3 Å². The largest absolute Gasteiger partial charge is 0.381 e. The third kappa shape index (κ3) is 3.16. The SMILES string of the molecule is CCN(CC1CCOC1)C1CCCNC1. The average Bonchev–Trinajstić information content (AvgIpc) is 2.80. The van der Waals surface area contributed by atoms with Gasteiger partial charge >= 0.3 is 0 Å². The monoisotopic (exact) mass is 212 g/mol. The van der Waals surface area contributed by atoms with Crippen LogP contribution in [0.4, 0.5) is 0 Å². The molecule has 15 heavy (non-hydrogen) atoms. The zero-order valence-electron chi connectivity index (χ0n) is 9.87. The highest BCUT2D eigenvalue weighted by atomic mass is 16.5. The summed E-state index contributed by atoms with van der Waals surface area (Å²) >= 11 is 0. The second-order valence-electron chi connectivity index (χ2n) is 4.82. The highest BCUT2D eigenvalue weighted by Gasteiger charge is 2.24. The number of hydrogen-bond acceptors (Lipinski definition) is 3. The van der Waals surface area contributed by atoms with Crippen LogP contribution >= 0.6 is 0 Å². The highest BCUT2D eigenvalue weighted by Crippen LogP contribution is 2.17. The maximum Gasteiger partial charge on any atom is 0.0507 e. The Kier molecular flexibility index (Phi) is 4.42. The lowest BCUT2D eigenvalue weighted by Gasteiger charge is -2.35. The van der Waals surface area contributed by atoms with E-state index >= 15 is 0 Å². The standard InChI is InChI=1S/C12H24N2O/c1-2-14(9-11-5-7-15-10-11)12-4-3-6-13-8-12/h11-13H,2-10H2,1H3. The van der Waals surface area contributed by atoms with Crippen LogP contribution in [0.1, 0.15) is 26.2 Å². The Morgan fingerprint density at radius 3 is 2.93 bits per heavy atom. The molecule has 2 aliphatic rings. The molecule has 0 amide bonds. The van der Waals surface area contributed by atoms with Crippen molar-refractivity contribution in [1.29, 1.82) is 0 Å². The summed E-state index contributed by atoms with van der Waals surface area (Å²) in [4.78, 5) is 2.64.